The third kappa shape index (κ3) is 4.06. The number of halogens is 1. The van der Waals surface area contributed by atoms with Crippen molar-refractivity contribution >= 4 is 0 Å². The van der Waals surface area contributed by atoms with E-state index in [0.717, 1.165) is 12.3 Å². The summed E-state index contributed by atoms with van der Waals surface area (Å²) in [5.74, 6) is 0.917. The predicted octanol–water partition coefficient (Wildman–Crippen LogP) is -0.0442. The Kier molecular flexibility index (Phi) is 6.26. The molecular formula is C15H17ClNO-. The summed E-state index contributed by atoms with van der Waals surface area (Å²) in [6, 6.07) is 18.5. The zero-order valence-electron chi connectivity index (χ0n) is 10.4. The lowest BCUT2D eigenvalue weighted by molar-refractivity contribution is -0.00000388. The van der Waals surface area contributed by atoms with Crippen LogP contribution in [0.15, 0.2) is 54.6 Å². The van der Waals surface area contributed by atoms with Crippen LogP contribution in [0.2, 0.25) is 0 Å². The van der Waals surface area contributed by atoms with E-state index >= 15 is 0 Å². The second-order valence-corrected chi connectivity index (χ2v) is 3.84. The lowest BCUT2D eigenvalue weighted by Gasteiger charge is -2.07. The van der Waals surface area contributed by atoms with Gasteiger partial charge in [-0.15, -0.1) is 0 Å². The average molecular weight is 263 g/mol. The van der Waals surface area contributed by atoms with Crippen LogP contribution in [0.25, 0.3) is 11.1 Å². The van der Waals surface area contributed by atoms with Crippen molar-refractivity contribution in [3.63, 3.8) is 0 Å². The first kappa shape index (κ1) is 14.6. The van der Waals surface area contributed by atoms with Crippen molar-refractivity contribution < 1.29 is 17.1 Å². The highest BCUT2D eigenvalue weighted by Crippen LogP contribution is 2.21. The third-order valence-corrected chi connectivity index (χ3v) is 2.58. The summed E-state index contributed by atoms with van der Waals surface area (Å²) in [5.41, 5.74) is 2.45. The van der Waals surface area contributed by atoms with E-state index in [4.69, 9.17) is 4.74 Å². The molecular weight excluding hydrogens is 246 g/mol. The van der Waals surface area contributed by atoms with Gasteiger partial charge in [-0.1, -0.05) is 42.5 Å². The fourth-order valence-electron chi connectivity index (χ4n) is 1.65. The number of likely N-dealkylation sites (N-methyl/N-ethyl adjacent to an activating group) is 1. The highest BCUT2D eigenvalue weighted by Gasteiger charge is 1.97. The molecule has 2 nitrogen and oxygen atoms in total. The Hall–Kier alpha value is -1.51. The van der Waals surface area contributed by atoms with E-state index in [2.05, 4.69) is 29.6 Å². The summed E-state index contributed by atoms with van der Waals surface area (Å²) < 4.78 is 5.57. The maximum Gasteiger partial charge on any atom is 0.119 e. The molecule has 2 aromatic rings. The normalized spacial score (nSPS) is 9.61. The Bertz CT molecular complexity index is 442. The van der Waals surface area contributed by atoms with Gasteiger partial charge in [-0.3, -0.25) is 0 Å². The van der Waals surface area contributed by atoms with Crippen molar-refractivity contribution in [1.82, 2.24) is 5.32 Å². The zero-order valence-corrected chi connectivity index (χ0v) is 11.2. The molecule has 0 aliphatic rings. The van der Waals surface area contributed by atoms with Crippen LogP contribution in [0.1, 0.15) is 0 Å². The molecule has 0 radical (unpaired) electrons. The van der Waals surface area contributed by atoms with E-state index in [1.54, 1.807) is 0 Å². The molecule has 18 heavy (non-hydrogen) atoms. The second-order valence-electron chi connectivity index (χ2n) is 3.84. The quantitative estimate of drug-likeness (QED) is 0.764. The molecule has 0 aliphatic heterocycles. The van der Waals surface area contributed by atoms with Gasteiger partial charge in [-0.05, 0) is 30.3 Å². The van der Waals surface area contributed by atoms with Gasteiger partial charge in [-0.2, -0.15) is 0 Å². The molecule has 0 aromatic heterocycles. The summed E-state index contributed by atoms with van der Waals surface area (Å²) >= 11 is 0. The number of benzene rings is 2. The Balaban J connectivity index is 0.00000162. The van der Waals surface area contributed by atoms with Crippen LogP contribution >= 0.6 is 0 Å². The summed E-state index contributed by atoms with van der Waals surface area (Å²) in [5, 5.41) is 3.05. The average Bonchev–Trinajstić information content (AvgIpc) is 2.41. The highest BCUT2D eigenvalue weighted by molar-refractivity contribution is 5.63. The number of nitrogens with one attached hydrogen (secondary N) is 1. The first-order valence-electron chi connectivity index (χ1n) is 5.83. The second kappa shape index (κ2) is 7.75. The van der Waals surface area contributed by atoms with Crippen molar-refractivity contribution in [2.24, 2.45) is 0 Å². The number of rotatable bonds is 5. The molecule has 0 saturated heterocycles. The minimum Gasteiger partial charge on any atom is -1.00 e. The van der Waals surface area contributed by atoms with Crippen LogP contribution < -0.4 is 22.5 Å². The fraction of sp³-hybridized carbons (Fsp3) is 0.200. The molecule has 96 valence electrons. The predicted molar refractivity (Wildman–Crippen MR) is 71.3 cm³/mol. The maximum absolute atomic E-state index is 5.57. The van der Waals surface area contributed by atoms with Gasteiger partial charge in [-0.25, -0.2) is 0 Å². The molecule has 0 spiro atoms. The van der Waals surface area contributed by atoms with E-state index in [9.17, 15) is 0 Å². The Morgan fingerprint density at radius 1 is 0.889 bits per heavy atom. The van der Waals surface area contributed by atoms with Crippen LogP contribution in [0, 0.1) is 0 Å². The lowest BCUT2D eigenvalue weighted by Crippen LogP contribution is -3.00. The summed E-state index contributed by atoms with van der Waals surface area (Å²) in [6.45, 7) is 1.56. The largest absolute Gasteiger partial charge is 1.00 e. The summed E-state index contributed by atoms with van der Waals surface area (Å²) in [4.78, 5) is 0. The van der Waals surface area contributed by atoms with E-state index < -0.39 is 0 Å². The zero-order chi connectivity index (χ0) is 11.9. The van der Waals surface area contributed by atoms with Gasteiger partial charge >= 0.3 is 0 Å². The summed E-state index contributed by atoms with van der Waals surface area (Å²) in [6.07, 6.45) is 0. The molecule has 0 atom stereocenters. The molecule has 0 amide bonds. The van der Waals surface area contributed by atoms with Crippen LogP contribution in [-0.4, -0.2) is 20.2 Å². The molecule has 2 aromatic carbocycles. The molecule has 0 saturated carbocycles. The lowest BCUT2D eigenvalue weighted by atomic mass is 10.1. The number of hydrogen-bond acceptors (Lipinski definition) is 2. The monoisotopic (exact) mass is 262 g/mol. The Morgan fingerprint density at radius 3 is 2.11 bits per heavy atom. The minimum atomic E-state index is 0. The molecule has 0 unspecified atom stereocenters. The number of ether oxygens (including phenoxy) is 1. The smallest absolute Gasteiger partial charge is 0.119 e. The fourth-order valence-corrected chi connectivity index (χ4v) is 1.65. The molecule has 0 heterocycles. The van der Waals surface area contributed by atoms with Gasteiger partial charge < -0.3 is 22.5 Å². The molecule has 0 bridgehead atoms. The SMILES string of the molecule is CNCCOc1ccc(-c2ccccc2)cc1.[Cl-]. The van der Waals surface area contributed by atoms with Crippen LogP contribution in [0.5, 0.6) is 5.75 Å². The third-order valence-electron chi connectivity index (χ3n) is 2.58. The highest BCUT2D eigenvalue weighted by atomic mass is 35.5. The number of hydrogen-bond donors (Lipinski definition) is 1. The standard InChI is InChI=1S/C15H17NO.ClH/c1-16-11-12-17-15-9-7-14(8-10-15)13-5-3-2-4-6-13;/h2-10,16H,11-12H2,1H3;1H/p-1. The first-order chi connectivity index (χ1) is 8.40. The van der Waals surface area contributed by atoms with E-state index in [-0.39, 0.29) is 12.4 Å². The molecule has 0 fully saturated rings. The van der Waals surface area contributed by atoms with E-state index in [1.165, 1.54) is 11.1 Å². The van der Waals surface area contributed by atoms with Gasteiger partial charge in [0.05, 0.1) is 0 Å². The van der Waals surface area contributed by atoms with Crippen LogP contribution in [0.3, 0.4) is 0 Å². The van der Waals surface area contributed by atoms with Gasteiger partial charge in [0, 0.05) is 6.54 Å². The molecule has 2 rings (SSSR count). The minimum absolute atomic E-state index is 0. The maximum atomic E-state index is 5.57. The van der Waals surface area contributed by atoms with Gasteiger partial charge in [0.1, 0.15) is 12.4 Å². The Morgan fingerprint density at radius 2 is 1.50 bits per heavy atom. The van der Waals surface area contributed by atoms with E-state index in [0.29, 0.717) is 6.61 Å². The first-order valence-corrected chi connectivity index (χ1v) is 5.83. The van der Waals surface area contributed by atoms with Crippen molar-refractivity contribution in [3.05, 3.63) is 54.6 Å². The molecule has 1 N–H and O–H groups in total. The van der Waals surface area contributed by atoms with Crippen molar-refractivity contribution in [3.8, 4) is 16.9 Å². The molecule has 0 aliphatic carbocycles. The molecule has 3 heteroatoms. The van der Waals surface area contributed by atoms with E-state index in [1.807, 2.05) is 37.4 Å². The van der Waals surface area contributed by atoms with Crippen molar-refractivity contribution in [2.45, 2.75) is 0 Å². The van der Waals surface area contributed by atoms with Gasteiger partial charge in [0.2, 0.25) is 0 Å². The van der Waals surface area contributed by atoms with Crippen molar-refractivity contribution in [1.29, 1.82) is 0 Å². The van der Waals surface area contributed by atoms with Crippen LogP contribution in [0.4, 0.5) is 0 Å². The summed E-state index contributed by atoms with van der Waals surface area (Å²) in [7, 11) is 1.92. The van der Waals surface area contributed by atoms with Crippen molar-refractivity contribution in [2.75, 3.05) is 20.2 Å². The topological polar surface area (TPSA) is 21.3 Å². The Labute approximate surface area is 114 Å². The van der Waals surface area contributed by atoms with Gasteiger partial charge in [0.25, 0.3) is 0 Å². The van der Waals surface area contributed by atoms with Gasteiger partial charge in [0.15, 0.2) is 0 Å². The van der Waals surface area contributed by atoms with Crippen LogP contribution in [-0.2, 0) is 0 Å².